The monoisotopic (exact) mass is 247 g/mol. The van der Waals surface area contributed by atoms with E-state index in [0.717, 1.165) is 0 Å². The molecule has 1 aromatic rings. The number of nitro groups is 1. The lowest BCUT2D eigenvalue weighted by Crippen LogP contribution is -1.87. The summed E-state index contributed by atoms with van der Waals surface area (Å²) < 4.78 is 0.571. The molecule has 0 heterocycles. The van der Waals surface area contributed by atoms with E-state index in [2.05, 4.69) is 15.9 Å². The second-order valence-electron chi connectivity index (χ2n) is 1.89. The summed E-state index contributed by atoms with van der Waals surface area (Å²) in [6.45, 7) is 4.00. The molecule has 1 aromatic carbocycles. The predicted octanol–water partition coefficient (Wildman–Crippen LogP) is 3.09. The summed E-state index contributed by atoms with van der Waals surface area (Å²) in [4.78, 5) is 9.56. The zero-order valence-electron chi connectivity index (χ0n) is 7.32. The maximum Gasteiger partial charge on any atom is 0.311 e. The highest BCUT2D eigenvalue weighted by Crippen LogP contribution is 2.28. The molecule has 1 N–H and O–H groups in total. The third-order valence-electron chi connectivity index (χ3n) is 1.13. The van der Waals surface area contributed by atoms with Crippen LogP contribution in [-0.2, 0) is 0 Å². The van der Waals surface area contributed by atoms with Crippen LogP contribution < -0.4 is 0 Å². The Balaban J connectivity index is 0.000000671. The molecule has 5 heteroatoms. The Kier molecular flexibility index (Phi) is 5.06. The summed E-state index contributed by atoms with van der Waals surface area (Å²) >= 11 is 3.05. The first-order valence-corrected chi connectivity index (χ1v) is 4.53. The van der Waals surface area contributed by atoms with Crippen molar-refractivity contribution in [1.29, 1.82) is 0 Å². The van der Waals surface area contributed by atoms with Gasteiger partial charge in [-0.05, 0) is 12.1 Å². The summed E-state index contributed by atoms with van der Waals surface area (Å²) in [6, 6.07) is 4.04. The Morgan fingerprint density at radius 1 is 1.46 bits per heavy atom. The molecule has 0 aliphatic heterocycles. The standard InChI is InChI=1S/C6H4BrNO3.C2H6/c7-4-1-2-6(9)5(3-4)8(10)11;1-2/h1-3,9H;1-2H3. The number of halogens is 1. The second-order valence-corrected chi connectivity index (χ2v) is 2.81. The Bertz CT molecular complexity index is 301. The van der Waals surface area contributed by atoms with Crippen molar-refractivity contribution >= 4 is 21.6 Å². The van der Waals surface area contributed by atoms with E-state index in [-0.39, 0.29) is 11.4 Å². The van der Waals surface area contributed by atoms with Crippen LogP contribution in [0.3, 0.4) is 0 Å². The first-order chi connectivity index (χ1) is 6.11. The van der Waals surface area contributed by atoms with E-state index in [0.29, 0.717) is 4.47 Å². The van der Waals surface area contributed by atoms with Gasteiger partial charge in [0.05, 0.1) is 4.92 Å². The van der Waals surface area contributed by atoms with Gasteiger partial charge in [-0.2, -0.15) is 0 Å². The predicted molar refractivity (Wildman–Crippen MR) is 53.8 cm³/mol. The number of hydrogen-bond acceptors (Lipinski definition) is 3. The van der Waals surface area contributed by atoms with Crippen LogP contribution in [0.15, 0.2) is 22.7 Å². The van der Waals surface area contributed by atoms with Gasteiger partial charge in [0.15, 0.2) is 5.75 Å². The summed E-state index contributed by atoms with van der Waals surface area (Å²) in [7, 11) is 0. The fraction of sp³-hybridized carbons (Fsp3) is 0.250. The lowest BCUT2D eigenvalue weighted by molar-refractivity contribution is -0.385. The summed E-state index contributed by atoms with van der Waals surface area (Å²) in [5.74, 6) is -0.321. The molecular formula is C8H10BrNO3. The van der Waals surface area contributed by atoms with E-state index in [9.17, 15) is 10.1 Å². The number of hydrogen-bond donors (Lipinski definition) is 1. The van der Waals surface area contributed by atoms with Crippen molar-refractivity contribution in [2.75, 3.05) is 0 Å². The molecule has 0 radical (unpaired) electrons. The lowest BCUT2D eigenvalue weighted by Gasteiger charge is -1.94. The second kappa shape index (κ2) is 5.53. The minimum atomic E-state index is -0.639. The summed E-state index contributed by atoms with van der Waals surface area (Å²) in [5, 5.41) is 19.1. The van der Waals surface area contributed by atoms with Crippen molar-refractivity contribution in [3.63, 3.8) is 0 Å². The molecule has 0 fully saturated rings. The van der Waals surface area contributed by atoms with E-state index in [1.54, 1.807) is 0 Å². The summed E-state index contributed by atoms with van der Waals surface area (Å²) in [6.07, 6.45) is 0. The van der Waals surface area contributed by atoms with Crippen molar-refractivity contribution in [1.82, 2.24) is 0 Å². The molecule has 0 aliphatic rings. The lowest BCUT2D eigenvalue weighted by atomic mass is 10.3. The molecule has 13 heavy (non-hydrogen) atoms. The molecule has 72 valence electrons. The van der Waals surface area contributed by atoms with Crippen LogP contribution in [-0.4, -0.2) is 10.0 Å². The zero-order valence-corrected chi connectivity index (χ0v) is 8.91. The van der Waals surface area contributed by atoms with Crippen LogP contribution in [0.5, 0.6) is 5.75 Å². The first kappa shape index (κ1) is 11.9. The molecule has 0 amide bonds. The van der Waals surface area contributed by atoms with Crippen LogP contribution in [0.2, 0.25) is 0 Å². The van der Waals surface area contributed by atoms with E-state index in [1.807, 2.05) is 13.8 Å². The van der Waals surface area contributed by atoms with E-state index >= 15 is 0 Å². The van der Waals surface area contributed by atoms with Crippen LogP contribution in [0, 0.1) is 10.1 Å². The number of aromatic hydroxyl groups is 1. The first-order valence-electron chi connectivity index (χ1n) is 3.74. The Morgan fingerprint density at radius 3 is 2.38 bits per heavy atom. The molecule has 0 aromatic heterocycles. The van der Waals surface area contributed by atoms with Crippen LogP contribution >= 0.6 is 15.9 Å². The smallest absolute Gasteiger partial charge is 0.311 e. The number of phenolic OH excluding ortho intramolecular Hbond substituents is 1. The minimum Gasteiger partial charge on any atom is -0.502 e. The average Bonchev–Trinajstić information content (AvgIpc) is 2.12. The highest BCUT2D eigenvalue weighted by Gasteiger charge is 2.11. The molecule has 0 bridgehead atoms. The van der Waals surface area contributed by atoms with Crippen molar-refractivity contribution in [3.8, 4) is 5.75 Å². The fourth-order valence-corrected chi connectivity index (χ4v) is 0.992. The Hall–Kier alpha value is -1.10. The fourth-order valence-electron chi connectivity index (χ4n) is 0.643. The molecular weight excluding hydrogens is 238 g/mol. The number of benzene rings is 1. The van der Waals surface area contributed by atoms with Crippen LogP contribution in [0.4, 0.5) is 5.69 Å². The van der Waals surface area contributed by atoms with Gasteiger partial charge in [0, 0.05) is 10.5 Å². The average molecular weight is 248 g/mol. The van der Waals surface area contributed by atoms with E-state index < -0.39 is 4.92 Å². The molecule has 0 atom stereocenters. The highest BCUT2D eigenvalue weighted by molar-refractivity contribution is 9.10. The van der Waals surface area contributed by atoms with Gasteiger partial charge in [0.2, 0.25) is 0 Å². The largest absolute Gasteiger partial charge is 0.502 e. The Morgan fingerprint density at radius 2 is 2.00 bits per heavy atom. The minimum absolute atomic E-state index is 0.292. The molecule has 0 spiro atoms. The van der Waals surface area contributed by atoms with Gasteiger partial charge in [-0.1, -0.05) is 29.8 Å². The summed E-state index contributed by atoms with van der Waals surface area (Å²) in [5.41, 5.74) is -0.292. The zero-order chi connectivity index (χ0) is 10.4. The molecule has 1 rings (SSSR count). The third kappa shape index (κ3) is 3.42. The van der Waals surface area contributed by atoms with Gasteiger partial charge >= 0.3 is 5.69 Å². The maximum absolute atomic E-state index is 10.2. The van der Waals surface area contributed by atoms with Crippen molar-refractivity contribution < 1.29 is 10.0 Å². The van der Waals surface area contributed by atoms with E-state index in [4.69, 9.17) is 5.11 Å². The van der Waals surface area contributed by atoms with E-state index in [1.165, 1.54) is 18.2 Å². The Labute approximate surface area is 84.5 Å². The van der Waals surface area contributed by atoms with Gasteiger partial charge in [-0.15, -0.1) is 0 Å². The van der Waals surface area contributed by atoms with Crippen LogP contribution in [0.25, 0.3) is 0 Å². The van der Waals surface area contributed by atoms with Gasteiger partial charge in [0.1, 0.15) is 0 Å². The van der Waals surface area contributed by atoms with Crippen LogP contribution in [0.1, 0.15) is 13.8 Å². The molecule has 0 saturated carbocycles. The highest BCUT2D eigenvalue weighted by atomic mass is 79.9. The SMILES string of the molecule is CC.O=[N+]([O-])c1cc(Br)ccc1O. The topological polar surface area (TPSA) is 63.4 Å². The van der Waals surface area contributed by atoms with Gasteiger partial charge < -0.3 is 5.11 Å². The molecule has 4 nitrogen and oxygen atoms in total. The number of phenols is 1. The van der Waals surface area contributed by atoms with Crippen molar-refractivity contribution in [3.05, 3.63) is 32.8 Å². The quantitative estimate of drug-likeness (QED) is 0.613. The number of nitrogens with zero attached hydrogens (tertiary/aromatic N) is 1. The number of nitro benzene ring substituents is 1. The van der Waals surface area contributed by atoms with Crippen molar-refractivity contribution in [2.45, 2.75) is 13.8 Å². The van der Waals surface area contributed by atoms with Gasteiger partial charge in [-0.3, -0.25) is 10.1 Å². The maximum atomic E-state index is 10.2. The van der Waals surface area contributed by atoms with Crippen molar-refractivity contribution in [2.24, 2.45) is 0 Å². The third-order valence-corrected chi connectivity index (χ3v) is 1.63. The number of rotatable bonds is 1. The molecule has 0 aliphatic carbocycles. The van der Waals surface area contributed by atoms with Gasteiger partial charge in [0.25, 0.3) is 0 Å². The molecule has 0 unspecified atom stereocenters. The molecule has 0 saturated heterocycles. The van der Waals surface area contributed by atoms with Gasteiger partial charge in [-0.25, -0.2) is 0 Å². The normalized spacial score (nSPS) is 8.54.